The molecule has 0 aliphatic rings. The van der Waals surface area contributed by atoms with Crippen LogP contribution in [-0.4, -0.2) is 14.9 Å². The molecule has 0 radical (unpaired) electrons. The van der Waals surface area contributed by atoms with Crippen molar-refractivity contribution in [2.24, 2.45) is 11.8 Å². The largest absolute Gasteiger partial charge is 0.298 e. The molecular formula is C14H16Br2N2O. The summed E-state index contributed by atoms with van der Waals surface area (Å²) >= 11 is 6.91. The SMILES string of the molecule is CC(C)C(CBr)Cn1cnc2ccc(Br)cc2c1=O. The van der Waals surface area contributed by atoms with E-state index in [0.29, 0.717) is 23.8 Å². The van der Waals surface area contributed by atoms with E-state index in [9.17, 15) is 4.79 Å². The van der Waals surface area contributed by atoms with E-state index >= 15 is 0 Å². The van der Waals surface area contributed by atoms with Crippen molar-refractivity contribution in [3.05, 3.63) is 39.4 Å². The summed E-state index contributed by atoms with van der Waals surface area (Å²) in [7, 11) is 0. The first-order valence-electron chi connectivity index (χ1n) is 6.23. The van der Waals surface area contributed by atoms with E-state index in [4.69, 9.17) is 0 Å². The van der Waals surface area contributed by atoms with Gasteiger partial charge in [-0.25, -0.2) is 4.98 Å². The minimum atomic E-state index is 0.0258. The molecule has 2 aromatic rings. The quantitative estimate of drug-likeness (QED) is 0.747. The summed E-state index contributed by atoms with van der Waals surface area (Å²) < 4.78 is 2.61. The lowest BCUT2D eigenvalue weighted by molar-refractivity contribution is 0.368. The average Bonchev–Trinajstić information content (AvgIpc) is 2.38. The fraction of sp³-hybridized carbons (Fsp3) is 0.429. The second kappa shape index (κ2) is 6.18. The van der Waals surface area contributed by atoms with E-state index < -0.39 is 0 Å². The fourth-order valence-corrected chi connectivity index (χ4v) is 3.27. The van der Waals surface area contributed by atoms with Gasteiger partial charge in [0, 0.05) is 16.3 Å². The first-order chi connectivity index (χ1) is 9.02. The van der Waals surface area contributed by atoms with Gasteiger partial charge in [0.2, 0.25) is 0 Å². The molecule has 0 aliphatic carbocycles. The molecule has 0 N–H and O–H groups in total. The highest BCUT2D eigenvalue weighted by atomic mass is 79.9. The van der Waals surface area contributed by atoms with Crippen LogP contribution in [0.25, 0.3) is 10.9 Å². The van der Waals surface area contributed by atoms with Gasteiger partial charge in [-0.3, -0.25) is 9.36 Å². The first-order valence-corrected chi connectivity index (χ1v) is 8.15. The van der Waals surface area contributed by atoms with Crippen LogP contribution < -0.4 is 5.56 Å². The molecule has 0 bridgehead atoms. The van der Waals surface area contributed by atoms with Crippen molar-refractivity contribution in [1.82, 2.24) is 9.55 Å². The van der Waals surface area contributed by atoms with Crippen LogP contribution >= 0.6 is 31.9 Å². The molecule has 1 atom stereocenters. The Hall–Kier alpha value is -0.680. The molecule has 0 amide bonds. The first kappa shape index (κ1) is 14.7. The van der Waals surface area contributed by atoms with Crippen molar-refractivity contribution in [2.75, 3.05) is 5.33 Å². The highest BCUT2D eigenvalue weighted by Crippen LogP contribution is 2.17. The molecule has 0 aliphatic heterocycles. The monoisotopic (exact) mass is 386 g/mol. The second-order valence-corrected chi connectivity index (χ2v) is 6.59. The lowest BCUT2D eigenvalue weighted by atomic mass is 9.98. The van der Waals surface area contributed by atoms with Crippen LogP contribution in [0.15, 0.2) is 33.8 Å². The van der Waals surface area contributed by atoms with Gasteiger partial charge in [0.1, 0.15) is 0 Å². The molecule has 1 unspecified atom stereocenters. The summed E-state index contributed by atoms with van der Waals surface area (Å²) in [6, 6.07) is 5.59. The molecule has 3 nitrogen and oxygen atoms in total. The molecule has 5 heteroatoms. The predicted octanol–water partition coefficient (Wildman–Crippen LogP) is 3.83. The van der Waals surface area contributed by atoms with Crippen molar-refractivity contribution in [3.63, 3.8) is 0 Å². The smallest absolute Gasteiger partial charge is 0.261 e. The van der Waals surface area contributed by atoms with Gasteiger partial charge in [-0.2, -0.15) is 0 Å². The third kappa shape index (κ3) is 3.26. The lowest BCUT2D eigenvalue weighted by Gasteiger charge is -2.19. The maximum Gasteiger partial charge on any atom is 0.261 e. The Labute approximate surface area is 129 Å². The van der Waals surface area contributed by atoms with E-state index in [1.165, 1.54) is 0 Å². The maximum atomic E-state index is 12.4. The summed E-state index contributed by atoms with van der Waals surface area (Å²) in [6.45, 7) is 5.03. The number of hydrogen-bond donors (Lipinski definition) is 0. The summed E-state index contributed by atoms with van der Waals surface area (Å²) in [4.78, 5) is 16.8. The van der Waals surface area contributed by atoms with E-state index in [0.717, 1.165) is 15.3 Å². The molecule has 2 rings (SSSR count). The maximum absolute atomic E-state index is 12.4. The number of alkyl halides is 1. The topological polar surface area (TPSA) is 34.9 Å². The Morgan fingerprint density at radius 1 is 1.37 bits per heavy atom. The Kier molecular flexibility index (Phi) is 4.79. The van der Waals surface area contributed by atoms with Gasteiger partial charge in [-0.05, 0) is 30.0 Å². The number of benzene rings is 1. The highest BCUT2D eigenvalue weighted by molar-refractivity contribution is 9.10. The van der Waals surface area contributed by atoms with Gasteiger partial charge >= 0.3 is 0 Å². The zero-order chi connectivity index (χ0) is 14.0. The molecule has 0 saturated carbocycles. The van der Waals surface area contributed by atoms with Crippen molar-refractivity contribution >= 4 is 42.8 Å². The molecule has 0 saturated heterocycles. The van der Waals surface area contributed by atoms with Gasteiger partial charge in [-0.15, -0.1) is 0 Å². The van der Waals surface area contributed by atoms with Crippen molar-refractivity contribution in [1.29, 1.82) is 0 Å². The number of fused-ring (bicyclic) bond motifs is 1. The van der Waals surface area contributed by atoms with E-state index in [-0.39, 0.29) is 5.56 Å². The van der Waals surface area contributed by atoms with Crippen LogP contribution in [0.4, 0.5) is 0 Å². The third-order valence-electron chi connectivity index (χ3n) is 3.36. The van der Waals surface area contributed by atoms with Crippen LogP contribution in [0.3, 0.4) is 0 Å². The van der Waals surface area contributed by atoms with Crippen LogP contribution in [0.1, 0.15) is 13.8 Å². The third-order valence-corrected chi connectivity index (χ3v) is 4.68. The molecule has 0 fully saturated rings. The van der Waals surface area contributed by atoms with E-state index in [1.54, 1.807) is 10.9 Å². The molecular weight excluding hydrogens is 372 g/mol. The number of nitrogens with zero attached hydrogens (tertiary/aromatic N) is 2. The molecule has 1 heterocycles. The highest BCUT2D eigenvalue weighted by Gasteiger charge is 2.14. The lowest BCUT2D eigenvalue weighted by Crippen LogP contribution is -2.27. The molecule has 19 heavy (non-hydrogen) atoms. The van der Waals surface area contributed by atoms with Crippen LogP contribution in [0.5, 0.6) is 0 Å². The Balaban J connectivity index is 2.45. The minimum absolute atomic E-state index is 0.0258. The van der Waals surface area contributed by atoms with Crippen LogP contribution in [0.2, 0.25) is 0 Å². The molecule has 0 spiro atoms. The predicted molar refractivity (Wildman–Crippen MR) is 85.8 cm³/mol. The zero-order valence-electron chi connectivity index (χ0n) is 10.9. The average molecular weight is 388 g/mol. The zero-order valence-corrected chi connectivity index (χ0v) is 14.1. The van der Waals surface area contributed by atoms with Gasteiger partial charge in [0.15, 0.2) is 0 Å². The van der Waals surface area contributed by atoms with Crippen LogP contribution in [-0.2, 0) is 6.54 Å². The standard InChI is InChI=1S/C14H16Br2N2O/c1-9(2)10(6-15)7-18-8-17-13-4-3-11(16)5-12(13)14(18)19/h3-5,8-10H,6-7H2,1-2H3. The second-order valence-electron chi connectivity index (χ2n) is 5.02. The Morgan fingerprint density at radius 2 is 2.11 bits per heavy atom. The Bertz CT molecular complexity index is 637. The summed E-state index contributed by atoms with van der Waals surface area (Å²) in [5.74, 6) is 0.939. The number of hydrogen-bond acceptors (Lipinski definition) is 2. The molecule has 102 valence electrons. The Morgan fingerprint density at radius 3 is 2.74 bits per heavy atom. The van der Waals surface area contributed by atoms with Crippen molar-refractivity contribution < 1.29 is 0 Å². The summed E-state index contributed by atoms with van der Waals surface area (Å²) in [6.07, 6.45) is 1.65. The van der Waals surface area contributed by atoms with Gasteiger partial charge in [0.25, 0.3) is 5.56 Å². The summed E-state index contributed by atoms with van der Waals surface area (Å²) in [5.41, 5.74) is 0.766. The van der Waals surface area contributed by atoms with Crippen molar-refractivity contribution in [2.45, 2.75) is 20.4 Å². The normalized spacial score (nSPS) is 13.1. The molecule has 1 aromatic carbocycles. The summed E-state index contributed by atoms with van der Waals surface area (Å²) in [5, 5.41) is 1.54. The van der Waals surface area contributed by atoms with Gasteiger partial charge in [0.05, 0.1) is 17.2 Å². The van der Waals surface area contributed by atoms with Crippen molar-refractivity contribution in [3.8, 4) is 0 Å². The van der Waals surface area contributed by atoms with Crippen LogP contribution in [0, 0.1) is 11.8 Å². The van der Waals surface area contributed by atoms with Gasteiger partial charge in [-0.1, -0.05) is 45.7 Å². The number of aromatic nitrogens is 2. The number of halogens is 2. The minimum Gasteiger partial charge on any atom is -0.298 e. The van der Waals surface area contributed by atoms with E-state index in [2.05, 4.69) is 50.7 Å². The van der Waals surface area contributed by atoms with Gasteiger partial charge < -0.3 is 0 Å². The van der Waals surface area contributed by atoms with E-state index in [1.807, 2.05) is 18.2 Å². The number of rotatable bonds is 4. The fourth-order valence-electron chi connectivity index (χ4n) is 1.95. The molecule has 1 aromatic heterocycles.